The first-order valence-electron chi connectivity index (χ1n) is 10.7. The lowest BCUT2D eigenvalue weighted by Gasteiger charge is -2.33. The Kier molecular flexibility index (Phi) is 7.10. The van der Waals surface area contributed by atoms with E-state index in [-0.39, 0.29) is 36.7 Å². The molecule has 7 nitrogen and oxygen atoms in total. The molecule has 2 amide bonds. The van der Waals surface area contributed by atoms with Crippen LogP contribution in [0.3, 0.4) is 0 Å². The zero-order valence-electron chi connectivity index (χ0n) is 17.2. The first kappa shape index (κ1) is 21.2. The summed E-state index contributed by atoms with van der Waals surface area (Å²) in [5.74, 6) is -0.227. The number of carbonyl (C=O) groups excluding carboxylic acids is 3. The largest absolute Gasteiger partial charge is 0.378 e. The number of morpholine rings is 1. The van der Waals surface area contributed by atoms with Gasteiger partial charge in [0.05, 0.1) is 19.3 Å². The number of amides is 2. The highest BCUT2D eigenvalue weighted by Gasteiger charge is 2.47. The molecule has 3 fully saturated rings. The van der Waals surface area contributed by atoms with Gasteiger partial charge in [-0.05, 0) is 26.2 Å². The Bertz CT molecular complexity index is 583. The fourth-order valence-corrected chi connectivity index (χ4v) is 4.53. The summed E-state index contributed by atoms with van der Waals surface area (Å²) >= 11 is 0. The second-order valence-electron chi connectivity index (χ2n) is 8.70. The van der Waals surface area contributed by atoms with E-state index in [1.54, 1.807) is 18.7 Å². The molecule has 0 aromatic carbocycles. The molecule has 1 aliphatic carbocycles. The summed E-state index contributed by atoms with van der Waals surface area (Å²) in [6.07, 6.45) is 6.41. The molecule has 158 valence electrons. The Morgan fingerprint density at radius 2 is 1.89 bits per heavy atom. The average molecular weight is 395 g/mol. The molecule has 0 spiro atoms. The summed E-state index contributed by atoms with van der Waals surface area (Å²) in [5, 5.41) is 2.94. The Hall–Kier alpha value is -1.47. The van der Waals surface area contributed by atoms with Crippen LogP contribution in [0.15, 0.2) is 0 Å². The van der Waals surface area contributed by atoms with E-state index in [9.17, 15) is 14.4 Å². The molecule has 28 heavy (non-hydrogen) atoms. The molecule has 3 unspecified atom stereocenters. The first-order chi connectivity index (χ1) is 13.4. The quantitative estimate of drug-likeness (QED) is 0.741. The lowest BCUT2D eigenvalue weighted by Crippen LogP contribution is -2.57. The van der Waals surface area contributed by atoms with Gasteiger partial charge < -0.3 is 19.7 Å². The molecule has 2 heterocycles. The van der Waals surface area contributed by atoms with Gasteiger partial charge in [0.15, 0.2) is 5.78 Å². The van der Waals surface area contributed by atoms with Gasteiger partial charge in [0.2, 0.25) is 11.8 Å². The van der Waals surface area contributed by atoms with E-state index in [1.807, 2.05) is 0 Å². The minimum Gasteiger partial charge on any atom is -0.378 e. The van der Waals surface area contributed by atoms with Crippen LogP contribution < -0.4 is 5.32 Å². The van der Waals surface area contributed by atoms with Gasteiger partial charge in [-0.3, -0.25) is 14.4 Å². The van der Waals surface area contributed by atoms with Crippen molar-refractivity contribution < 1.29 is 23.9 Å². The third kappa shape index (κ3) is 4.92. The predicted octanol–water partition coefficient (Wildman–Crippen LogP) is 1.68. The summed E-state index contributed by atoms with van der Waals surface area (Å²) in [7, 11) is 0. The highest BCUT2D eigenvalue weighted by atomic mass is 16.5. The minimum absolute atomic E-state index is 0.00598. The fraction of sp³-hybridized carbons (Fsp3) is 0.857. The molecule has 1 N–H and O–H groups in total. The van der Waals surface area contributed by atoms with Crippen LogP contribution in [0.25, 0.3) is 0 Å². The molecule has 0 radical (unpaired) electrons. The van der Waals surface area contributed by atoms with Crippen molar-refractivity contribution in [3.8, 4) is 0 Å². The molecule has 2 saturated heterocycles. The number of ether oxygens (including phenoxy) is 2. The van der Waals surface area contributed by atoms with Crippen molar-refractivity contribution in [3.05, 3.63) is 0 Å². The van der Waals surface area contributed by atoms with E-state index in [0.29, 0.717) is 38.6 Å². The lowest BCUT2D eigenvalue weighted by molar-refractivity contribution is -0.141. The molecule has 1 saturated carbocycles. The lowest BCUT2D eigenvalue weighted by atomic mass is 9.81. The molecular weight excluding hydrogens is 360 g/mol. The highest BCUT2D eigenvalue weighted by molar-refractivity contribution is 5.96. The SMILES string of the molecule is CC1OCC(=O)C1(C)NC(=O)C(CC(=O)N1CCOCC1)CC1CCCCC1. The number of hydrogen-bond donors (Lipinski definition) is 1. The van der Waals surface area contributed by atoms with Crippen molar-refractivity contribution >= 4 is 17.6 Å². The molecule has 2 aliphatic heterocycles. The normalized spacial score (nSPS) is 30.3. The second-order valence-corrected chi connectivity index (χ2v) is 8.70. The molecule has 0 aromatic rings. The van der Waals surface area contributed by atoms with Crippen molar-refractivity contribution in [3.63, 3.8) is 0 Å². The second kappa shape index (κ2) is 9.35. The van der Waals surface area contributed by atoms with Crippen LogP contribution in [0, 0.1) is 11.8 Å². The number of rotatable bonds is 6. The van der Waals surface area contributed by atoms with Crippen molar-refractivity contribution in [2.24, 2.45) is 11.8 Å². The standard InChI is InChI=1S/C21H34N2O5/c1-15-21(2,18(24)14-28-15)22-20(26)17(12-16-6-4-3-5-7-16)13-19(25)23-8-10-27-11-9-23/h15-17H,3-14H2,1-2H3,(H,22,26). The maximum absolute atomic E-state index is 13.2. The Morgan fingerprint density at radius 3 is 2.50 bits per heavy atom. The van der Waals surface area contributed by atoms with Crippen LogP contribution in [-0.2, 0) is 23.9 Å². The van der Waals surface area contributed by atoms with Gasteiger partial charge in [-0.1, -0.05) is 32.1 Å². The summed E-state index contributed by atoms with van der Waals surface area (Å²) < 4.78 is 10.8. The Morgan fingerprint density at radius 1 is 1.21 bits per heavy atom. The fourth-order valence-electron chi connectivity index (χ4n) is 4.53. The minimum atomic E-state index is -1.01. The Labute approximate surface area is 167 Å². The highest BCUT2D eigenvalue weighted by Crippen LogP contribution is 2.31. The molecule has 3 atom stereocenters. The maximum Gasteiger partial charge on any atom is 0.224 e. The molecule has 3 rings (SSSR count). The summed E-state index contributed by atoms with van der Waals surface area (Å²) in [6.45, 7) is 5.82. The van der Waals surface area contributed by atoms with Crippen molar-refractivity contribution in [2.75, 3.05) is 32.9 Å². The van der Waals surface area contributed by atoms with Gasteiger partial charge in [0, 0.05) is 25.4 Å². The number of Topliss-reactive ketones (excluding diaryl/α,β-unsaturated/α-hetero) is 1. The van der Waals surface area contributed by atoms with Crippen molar-refractivity contribution in [2.45, 2.75) is 70.4 Å². The zero-order valence-corrected chi connectivity index (χ0v) is 17.2. The molecule has 3 aliphatic rings. The van der Waals surface area contributed by atoms with Crippen molar-refractivity contribution in [1.82, 2.24) is 10.2 Å². The van der Waals surface area contributed by atoms with Gasteiger partial charge in [0.1, 0.15) is 12.1 Å². The van der Waals surface area contributed by atoms with Gasteiger partial charge in [-0.2, -0.15) is 0 Å². The molecule has 7 heteroatoms. The number of hydrogen-bond acceptors (Lipinski definition) is 5. The van der Waals surface area contributed by atoms with Crippen LogP contribution in [0.1, 0.15) is 58.8 Å². The third-order valence-corrected chi connectivity index (χ3v) is 6.74. The van der Waals surface area contributed by atoms with Crippen LogP contribution in [0.5, 0.6) is 0 Å². The third-order valence-electron chi connectivity index (χ3n) is 6.74. The zero-order chi connectivity index (χ0) is 20.1. The average Bonchev–Trinajstić information content (AvgIpc) is 2.96. The van der Waals surface area contributed by atoms with Gasteiger partial charge >= 0.3 is 0 Å². The number of carbonyl (C=O) groups is 3. The summed E-state index contributed by atoms with van der Waals surface area (Å²) in [5.41, 5.74) is -1.01. The molecule has 0 bridgehead atoms. The topological polar surface area (TPSA) is 84.9 Å². The van der Waals surface area contributed by atoms with Crippen LogP contribution in [-0.4, -0.2) is 67.1 Å². The van der Waals surface area contributed by atoms with E-state index in [2.05, 4.69) is 5.32 Å². The summed E-state index contributed by atoms with van der Waals surface area (Å²) in [4.78, 5) is 40.1. The van der Waals surface area contributed by atoms with Crippen LogP contribution in [0.2, 0.25) is 0 Å². The summed E-state index contributed by atoms with van der Waals surface area (Å²) in [6, 6.07) is 0. The van der Waals surface area contributed by atoms with Crippen LogP contribution >= 0.6 is 0 Å². The number of nitrogens with zero attached hydrogens (tertiary/aromatic N) is 1. The molecule has 0 aromatic heterocycles. The smallest absolute Gasteiger partial charge is 0.224 e. The van der Waals surface area contributed by atoms with E-state index in [4.69, 9.17) is 9.47 Å². The number of nitrogens with one attached hydrogen (secondary N) is 1. The van der Waals surface area contributed by atoms with Crippen molar-refractivity contribution in [1.29, 1.82) is 0 Å². The van der Waals surface area contributed by atoms with Gasteiger partial charge in [-0.25, -0.2) is 0 Å². The number of ketones is 1. The monoisotopic (exact) mass is 394 g/mol. The van der Waals surface area contributed by atoms with Gasteiger partial charge in [0.25, 0.3) is 0 Å². The maximum atomic E-state index is 13.2. The van der Waals surface area contributed by atoms with Gasteiger partial charge in [-0.15, -0.1) is 0 Å². The molecular formula is C21H34N2O5. The van der Waals surface area contributed by atoms with Crippen LogP contribution in [0.4, 0.5) is 0 Å². The Balaban J connectivity index is 1.67. The van der Waals surface area contributed by atoms with E-state index in [0.717, 1.165) is 12.8 Å². The van der Waals surface area contributed by atoms with E-state index in [1.165, 1.54) is 19.3 Å². The van der Waals surface area contributed by atoms with E-state index < -0.39 is 11.5 Å². The predicted molar refractivity (Wildman–Crippen MR) is 104 cm³/mol. The van der Waals surface area contributed by atoms with E-state index >= 15 is 0 Å². The first-order valence-corrected chi connectivity index (χ1v) is 10.7.